The molecule has 1 atom stereocenters. The van der Waals surface area contributed by atoms with Gasteiger partial charge in [-0.05, 0) is 69.0 Å². The molecule has 1 aliphatic heterocycles. The number of sulfonamides is 1. The van der Waals surface area contributed by atoms with Gasteiger partial charge in [-0.1, -0.05) is 6.07 Å². The Kier molecular flexibility index (Phi) is 6.80. The summed E-state index contributed by atoms with van der Waals surface area (Å²) in [6, 6.07) is 13.5. The molecule has 8 nitrogen and oxygen atoms in total. The number of rotatable bonds is 6. The van der Waals surface area contributed by atoms with Crippen LogP contribution in [0.1, 0.15) is 12.0 Å². The van der Waals surface area contributed by atoms with E-state index in [0.717, 1.165) is 12.5 Å². The number of halogens is 3. The molecule has 2 aromatic carbocycles. The van der Waals surface area contributed by atoms with Crippen molar-refractivity contribution in [2.24, 2.45) is 0 Å². The second-order valence-corrected chi connectivity index (χ2v) is 11.2. The van der Waals surface area contributed by atoms with Gasteiger partial charge in [0.15, 0.2) is 0 Å². The smallest absolute Gasteiger partial charge is 0.340 e. The van der Waals surface area contributed by atoms with Crippen molar-refractivity contribution in [2.45, 2.75) is 23.5 Å². The zero-order valence-corrected chi connectivity index (χ0v) is 21.5. The molecule has 0 radical (unpaired) electrons. The first kappa shape index (κ1) is 26.0. The largest absolute Gasteiger partial charge is 0.418 e. The van der Waals surface area contributed by atoms with Crippen LogP contribution < -0.4 is 5.32 Å². The summed E-state index contributed by atoms with van der Waals surface area (Å²) in [5.74, 6) is 0.433. The quantitative estimate of drug-likeness (QED) is 0.375. The van der Waals surface area contributed by atoms with Crippen molar-refractivity contribution in [3.05, 3.63) is 72.7 Å². The topological polar surface area (TPSA) is 91.3 Å². The lowest BCUT2D eigenvalue weighted by molar-refractivity contribution is -0.137. The number of hydrogen-bond donors (Lipinski definition) is 1. The highest BCUT2D eigenvalue weighted by molar-refractivity contribution is 7.89. The van der Waals surface area contributed by atoms with Crippen LogP contribution in [0.4, 0.5) is 24.7 Å². The van der Waals surface area contributed by atoms with E-state index >= 15 is 0 Å². The van der Waals surface area contributed by atoms with Crippen molar-refractivity contribution >= 4 is 32.4 Å². The van der Waals surface area contributed by atoms with Gasteiger partial charge in [0.1, 0.15) is 12.1 Å². The molecule has 198 valence electrons. The number of benzene rings is 2. The predicted octanol–water partition coefficient (Wildman–Crippen LogP) is 4.78. The SMILES string of the molecule is CN(C)C1CCN(S(=O)(=O)c2ccc(Nc3ncnc4cc(-c5ncccc5C(F)(F)F)ccc34)cc2)C1. The molecule has 0 spiro atoms. The molecule has 0 amide bonds. The summed E-state index contributed by atoms with van der Waals surface area (Å²) in [4.78, 5) is 14.7. The molecule has 1 aliphatic rings. The predicted molar refractivity (Wildman–Crippen MR) is 138 cm³/mol. The summed E-state index contributed by atoms with van der Waals surface area (Å²) < 4.78 is 68.1. The molecule has 1 unspecified atom stereocenters. The Morgan fingerprint density at radius 2 is 1.79 bits per heavy atom. The molecule has 4 aromatic rings. The van der Waals surface area contributed by atoms with E-state index in [2.05, 4.69) is 20.3 Å². The number of anilines is 2. The summed E-state index contributed by atoms with van der Waals surface area (Å²) in [6.07, 6.45) is -1.13. The Hall–Kier alpha value is -3.61. The maximum absolute atomic E-state index is 13.5. The molecule has 1 N–H and O–H groups in total. The van der Waals surface area contributed by atoms with Gasteiger partial charge in [0.25, 0.3) is 0 Å². The Balaban J connectivity index is 1.39. The standard InChI is InChI=1S/C26H25F3N6O2S/c1-34(2)19-11-13-35(15-19)38(36,37)20-8-6-18(7-9-20)33-25-21-10-5-17(14-23(21)31-16-32-25)24-22(26(27,28)29)4-3-12-30-24/h3-10,12,14,16,19H,11,13,15H2,1-2H3,(H,31,32,33). The van der Waals surface area contributed by atoms with Gasteiger partial charge in [-0.2, -0.15) is 17.5 Å². The molecule has 5 rings (SSSR count). The number of nitrogens with zero attached hydrogens (tertiary/aromatic N) is 5. The van der Waals surface area contributed by atoms with Crippen LogP contribution >= 0.6 is 0 Å². The van der Waals surface area contributed by atoms with E-state index in [0.29, 0.717) is 35.5 Å². The van der Waals surface area contributed by atoms with Crippen LogP contribution in [-0.2, 0) is 16.2 Å². The van der Waals surface area contributed by atoms with Gasteiger partial charge in [0.2, 0.25) is 10.0 Å². The molecule has 1 saturated heterocycles. The number of hydrogen-bond acceptors (Lipinski definition) is 7. The Morgan fingerprint density at radius 3 is 2.47 bits per heavy atom. The minimum atomic E-state index is -4.54. The number of alkyl halides is 3. The van der Waals surface area contributed by atoms with Crippen LogP contribution in [-0.4, -0.2) is 65.8 Å². The van der Waals surface area contributed by atoms with Crippen LogP contribution in [0.25, 0.3) is 22.2 Å². The zero-order chi connectivity index (χ0) is 27.1. The summed E-state index contributed by atoms with van der Waals surface area (Å²) in [5.41, 5.74) is 0.310. The Bertz CT molecular complexity index is 1580. The van der Waals surface area contributed by atoms with Crippen LogP contribution in [0.2, 0.25) is 0 Å². The molecule has 0 aliphatic carbocycles. The molecule has 3 heterocycles. The van der Waals surface area contributed by atoms with Gasteiger partial charge in [0.05, 0.1) is 21.7 Å². The molecule has 12 heteroatoms. The van der Waals surface area contributed by atoms with E-state index < -0.39 is 21.8 Å². The van der Waals surface area contributed by atoms with Gasteiger partial charge in [-0.25, -0.2) is 18.4 Å². The molecular formula is C26H25F3N6O2S. The summed E-state index contributed by atoms with van der Waals surface area (Å²) in [7, 11) is 0.276. The third-order valence-corrected chi connectivity index (χ3v) is 8.51. The van der Waals surface area contributed by atoms with Crippen molar-refractivity contribution in [1.29, 1.82) is 0 Å². The Morgan fingerprint density at radius 1 is 1.03 bits per heavy atom. The van der Waals surface area contributed by atoms with E-state index in [4.69, 9.17) is 0 Å². The number of pyridine rings is 1. The molecule has 0 bridgehead atoms. The summed E-state index contributed by atoms with van der Waals surface area (Å²) in [6.45, 7) is 0.927. The maximum Gasteiger partial charge on any atom is 0.418 e. The highest BCUT2D eigenvalue weighted by Crippen LogP contribution is 2.37. The fraction of sp³-hybridized carbons (Fsp3) is 0.269. The van der Waals surface area contributed by atoms with Crippen LogP contribution in [0.5, 0.6) is 0 Å². The van der Waals surface area contributed by atoms with Crippen LogP contribution in [0.3, 0.4) is 0 Å². The Labute approximate surface area is 218 Å². The molecule has 1 fully saturated rings. The summed E-state index contributed by atoms with van der Waals surface area (Å²) >= 11 is 0. The molecule has 38 heavy (non-hydrogen) atoms. The lowest BCUT2D eigenvalue weighted by Gasteiger charge is -2.20. The second kappa shape index (κ2) is 9.93. The van der Waals surface area contributed by atoms with Crippen molar-refractivity contribution < 1.29 is 21.6 Å². The third-order valence-electron chi connectivity index (χ3n) is 6.63. The average molecular weight is 543 g/mol. The highest BCUT2D eigenvalue weighted by atomic mass is 32.2. The van der Waals surface area contributed by atoms with E-state index in [1.807, 2.05) is 19.0 Å². The first-order valence-electron chi connectivity index (χ1n) is 11.8. The van der Waals surface area contributed by atoms with Crippen molar-refractivity contribution in [3.63, 3.8) is 0 Å². The van der Waals surface area contributed by atoms with Crippen LogP contribution in [0.15, 0.2) is 72.0 Å². The van der Waals surface area contributed by atoms with Crippen molar-refractivity contribution in [2.75, 3.05) is 32.5 Å². The monoisotopic (exact) mass is 542 g/mol. The van der Waals surface area contributed by atoms with Crippen molar-refractivity contribution in [1.82, 2.24) is 24.2 Å². The first-order chi connectivity index (χ1) is 18.0. The minimum Gasteiger partial charge on any atom is -0.340 e. The third kappa shape index (κ3) is 5.06. The van der Waals surface area contributed by atoms with Crippen molar-refractivity contribution in [3.8, 4) is 11.3 Å². The fourth-order valence-corrected chi connectivity index (χ4v) is 6.01. The molecular weight excluding hydrogens is 517 g/mol. The first-order valence-corrected chi connectivity index (χ1v) is 13.3. The number of nitrogens with one attached hydrogen (secondary N) is 1. The normalized spacial score (nSPS) is 16.8. The van der Waals surface area contributed by atoms with E-state index in [1.54, 1.807) is 36.4 Å². The average Bonchev–Trinajstić information content (AvgIpc) is 3.40. The second-order valence-electron chi connectivity index (χ2n) is 9.27. The number of likely N-dealkylation sites (N-methyl/N-ethyl adjacent to an activating group) is 1. The van der Waals surface area contributed by atoms with Gasteiger partial charge in [-0.3, -0.25) is 4.98 Å². The van der Waals surface area contributed by atoms with E-state index in [-0.39, 0.29) is 22.2 Å². The van der Waals surface area contributed by atoms with Gasteiger partial charge < -0.3 is 10.2 Å². The minimum absolute atomic E-state index is 0.179. The fourth-order valence-electron chi connectivity index (χ4n) is 4.51. The maximum atomic E-state index is 13.5. The zero-order valence-electron chi connectivity index (χ0n) is 20.6. The van der Waals surface area contributed by atoms with E-state index in [1.165, 1.54) is 29.0 Å². The lowest BCUT2D eigenvalue weighted by atomic mass is 10.0. The molecule has 2 aromatic heterocycles. The van der Waals surface area contributed by atoms with E-state index in [9.17, 15) is 21.6 Å². The number of aromatic nitrogens is 3. The van der Waals surface area contributed by atoms with Crippen LogP contribution in [0, 0.1) is 0 Å². The van der Waals surface area contributed by atoms with Gasteiger partial charge >= 0.3 is 6.18 Å². The van der Waals surface area contributed by atoms with Gasteiger partial charge in [-0.15, -0.1) is 0 Å². The molecule has 0 saturated carbocycles. The number of fused-ring (bicyclic) bond motifs is 1. The lowest BCUT2D eigenvalue weighted by Crippen LogP contribution is -2.34. The highest BCUT2D eigenvalue weighted by Gasteiger charge is 2.35. The summed E-state index contributed by atoms with van der Waals surface area (Å²) in [5, 5.41) is 3.74. The van der Waals surface area contributed by atoms with Gasteiger partial charge in [0, 0.05) is 42.0 Å².